The van der Waals surface area contributed by atoms with Gasteiger partial charge in [0, 0.05) is 36.2 Å². The van der Waals surface area contributed by atoms with Crippen molar-refractivity contribution in [2.24, 2.45) is 10.9 Å². The van der Waals surface area contributed by atoms with E-state index >= 15 is 0 Å². The molecule has 25 heavy (non-hydrogen) atoms. The molecule has 1 saturated heterocycles. The van der Waals surface area contributed by atoms with Crippen molar-refractivity contribution in [3.8, 4) is 6.07 Å². The molecule has 1 aromatic rings. The van der Waals surface area contributed by atoms with Gasteiger partial charge in [0.15, 0.2) is 5.96 Å². The lowest BCUT2D eigenvalue weighted by molar-refractivity contribution is 0.380. The predicted octanol–water partition coefficient (Wildman–Crippen LogP) is 3.85. The van der Waals surface area contributed by atoms with Crippen molar-refractivity contribution in [3.05, 3.63) is 35.1 Å². The summed E-state index contributed by atoms with van der Waals surface area (Å²) in [6.45, 7) is 9.43. The van der Waals surface area contributed by atoms with Gasteiger partial charge >= 0.3 is 0 Å². The summed E-state index contributed by atoms with van der Waals surface area (Å²) < 4.78 is 13.9. The first-order chi connectivity index (χ1) is 11.5. The van der Waals surface area contributed by atoms with E-state index in [0.29, 0.717) is 22.3 Å². The maximum atomic E-state index is 13.9. The van der Waals surface area contributed by atoms with Crippen LogP contribution in [0.15, 0.2) is 23.2 Å². The Morgan fingerprint density at radius 3 is 2.92 bits per heavy atom. The Labute approximate surface area is 171 Å². The van der Waals surface area contributed by atoms with Crippen LogP contribution in [0.1, 0.15) is 31.9 Å². The van der Waals surface area contributed by atoms with Gasteiger partial charge in [0.1, 0.15) is 5.82 Å². The van der Waals surface area contributed by atoms with Gasteiger partial charge < -0.3 is 10.2 Å². The molecule has 1 atom stereocenters. The molecule has 1 aliphatic rings. The zero-order valence-electron chi connectivity index (χ0n) is 15.0. The minimum absolute atomic E-state index is 0. The molecule has 1 N–H and O–H groups in total. The summed E-state index contributed by atoms with van der Waals surface area (Å²) in [6.07, 6.45) is 0. The van der Waals surface area contributed by atoms with Crippen LogP contribution in [0.5, 0.6) is 0 Å². The van der Waals surface area contributed by atoms with Gasteiger partial charge in [-0.2, -0.15) is 17.0 Å². The number of aliphatic imine (C=N–C) groups is 1. The van der Waals surface area contributed by atoms with Gasteiger partial charge in [-0.05, 0) is 31.0 Å². The zero-order chi connectivity index (χ0) is 17.5. The second-order valence-electron chi connectivity index (χ2n) is 6.19. The fourth-order valence-electron chi connectivity index (χ4n) is 2.62. The fraction of sp³-hybridized carbons (Fsp3) is 0.556. The van der Waals surface area contributed by atoms with Gasteiger partial charge in [-0.1, -0.05) is 13.8 Å². The fourth-order valence-corrected chi connectivity index (χ4v) is 3.92. The van der Waals surface area contributed by atoms with Crippen LogP contribution < -0.4 is 5.32 Å². The zero-order valence-corrected chi connectivity index (χ0v) is 18.1. The lowest BCUT2D eigenvalue weighted by Gasteiger charge is -2.36. The summed E-state index contributed by atoms with van der Waals surface area (Å²) in [7, 11) is 0. The normalized spacial score (nSPS) is 17.8. The third-order valence-electron chi connectivity index (χ3n) is 4.05. The maximum Gasteiger partial charge on any atom is 0.194 e. The molecule has 0 aliphatic carbocycles. The van der Waals surface area contributed by atoms with Gasteiger partial charge in [-0.15, -0.1) is 24.0 Å². The first kappa shape index (κ1) is 22.0. The molecule has 0 amide bonds. The molecule has 7 heteroatoms. The van der Waals surface area contributed by atoms with Crippen LogP contribution in [0, 0.1) is 23.1 Å². The second kappa shape index (κ2) is 10.9. The Morgan fingerprint density at radius 1 is 1.52 bits per heavy atom. The molecule has 1 aliphatic heterocycles. The van der Waals surface area contributed by atoms with E-state index in [9.17, 15) is 4.39 Å². The van der Waals surface area contributed by atoms with E-state index in [2.05, 4.69) is 29.1 Å². The lowest BCUT2D eigenvalue weighted by atomic mass is 10.1. The quantitative estimate of drug-likeness (QED) is 0.408. The predicted molar refractivity (Wildman–Crippen MR) is 114 cm³/mol. The Hall–Kier alpha value is -1.01. The van der Waals surface area contributed by atoms with Crippen LogP contribution in [0.25, 0.3) is 0 Å². The van der Waals surface area contributed by atoms with Crippen molar-refractivity contribution in [1.29, 1.82) is 5.26 Å². The molecule has 2 rings (SSSR count). The van der Waals surface area contributed by atoms with Crippen LogP contribution in [0.4, 0.5) is 4.39 Å². The standard InChI is InChI=1S/C18H25FN4S.HI/c1-4-21-18(23-7-8-24-17(12-23)13(2)3)22-11-15-9-14(10-20)5-6-16(15)19;/h5-6,9,13,17H,4,7-8,11-12H2,1-3H3,(H,21,22);1H. The Balaban J connectivity index is 0.00000312. The largest absolute Gasteiger partial charge is 0.357 e. The molecule has 1 aromatic carbocycles. The van der Waals surface area contributed by atoms with E-state index in [4.69, 9.17) is 5.26 Å². The van der Waals surface area contributed by atoms with Crippen molar-refractivity contribution < 1.29 is 4.39 Å². The molecule has 138 valence electrons. The molecule has 0 aromatic heterocycles. The Morgan fingerprint density at radius 2 is 2.28 bits per heavy atom. The van der Waals surface area contributed by atoms with Crippen molar-refractivity contribution in [2.45, 2.75) is 32.6 Å². The van der Waals surface area contributed by atoms with E-state index < -0.39 is 0 Å². The van der Waals surface area contributed by atoms with Crippen molar-refractivity contribution >= 4 is 41.7 Å². The number of nitrogens with zero attached hydrogens (tertiary/aromatic N) is 3. The average Bonchev–Trinajstić information content (AvgIpc) is 2.60. The molecule has 1 fully saturated rings. The van der Waals surface area contributed by atoms with Crippen molar-refractivity contribution in [1.82, 2.24) is 10.2 Å². The van der Waals surface area contributed by atoms with E-state index in [0.717, 1.165) is 31.3 Å². The lowest BCUT2D eigenvalue weighted by Crippen LogP contribution is -2.49. The third kappa shape index (κ3) is 6.33. The molecule has 0 bridgehead atoms. The molecule has 0 saturated carbocycles. The number of halogens is 2. The Bertz CT molecular complexity index is 630. The molecule has 0 spiro atoms. The number of hydrogen-bond acceptors (Lipinski definition) is 3. The highest BCUT2D eigenvalue weighted by Crippen LogP contribution is 2.25. The van der Waals surface area contributed by atoms with Gasteiger partial charge in [-0.25, -0.2) is 9.38 Å². The van der Waals surface area contributed by atoms with Crippen LogP contribution in [-0.4, -0.2) is 41.5 Å². The smallest absolute Gasteiger partial charge is 0.194 e. The summed E-state index contributed by atoms with van der Waals surface area (Å²) in [5.74, 6) is 2.20. The van der Waals surface area contributed by atoms with Crippen LogP contribution in [0.3, 0.4) is 0 Å². The van der Waals surface area contributed by atoms with Crippen molar-refractivity contribution in [3.63, 3.8) is 0 Å². The molecule has 0 radical (unpaired) electrons. The van der Waals surface area contributed by atoms with Gasteiger partial charge in [0.25, 0.3) is 0 Å². The highest BCUT2D eigenvalue weighted by atomic mass is 127. The maximum absolute atomic E-state index is 13.9. The first-order valence-electron chi connectivity index (χ1n) is 8.38. The molecular weight excluding hydrogens is 450 g/mol. The SMILES string of the molecule is CCNC(=NCc1cc(C#N)ccc1F)N1CCSC(C(C)C)C1.I. The Kier molecular flexibility index (Phi) is 9.57. The highest BCUT2D eigenvalue weighted by Gasteiger charge is 2.24. The number of nitrogens with one attached hydrogen (secondary N) is 1. The van der Waals surface area contributed by atoms with Crippen molar-refractivity contribution in [2.75, 3.05) is 25.4 Å². The summed E-state index contributed by atoms with van der Waals surface area (Å²) in [5.41, 5.74) is 0.914. The van der Waals surface area contributed by atoms with E-state index in [-0.39, 0.29) is 36.3 Å². The van der Waals surface area contributed by atoms with Gasteiger partial charge in [-0.3, -0.25) is 0 Å². The number of benzene rings is 1. The first-order valence-corrected chi connectivity index (χ1v) is 9.43. The van der Waals surface area contributed by atoms with E-state index in [1.807, 2.05) is 24.8 Å². The number of guanidine groups is 1. The highest BCUT2D eigenvalue weighted by molar-refractivity contribution is 14.0. The minimum Gasteiger partial charge on any atom is -0.357 e. The number of thioether (sulfide) groups is 1. The molecule has 1 heterocycles. The summed E-state index contributed by atoms with van der Waals surface area (Å²) >= 11 is 2.01. The van der Waals surface area contributed by atoms with Crippen LogP contribution in [-0.2, 0) is 6.54 Å². The number of hydrogen-bond donors (Lipinski definition) is 1. The number of nitriles is 1. The molecular formula is C18H26FIN4S. The summed E-state index contributed by atoms with van der Waals surface area (Å²) in [6, 6.07) is 6.44. The average molecular weight is 476 g/mol. The second-order valence-corrected chi connectivity index (χ2v) is 7.53. The van der Waals surface area contributed by atoms with Crippen LogP contribution in [0.2, 0.25) is 0 Å². The van der Waals surface area contributed by atoms with Gasteiger partial charge in [0.05, 0.1) is 18.2 Å². The van der Waals surface area contributed by atoms with Crippen LogP contribution >= 0.6 is 35.7 Å². The topological polar surface area (TPSA) is 51.4 Å². The third-order valence-corrected chi connectivity index (χ3v) is 5.59. The van der Waals surface area contributed by atoms with E-state index in [1.54, 1.807) is 6.07 Å². The number of rotatable bonds is 4. The summed E-state index contributed by atoms with van der Waals surface area (Å²) in [5, 5.41) is 12.9. The monoisotopic (exact) mass is 476 g/mol. The summed E-state index contributed by atoms with van der Waals surface area (Å²) in [4.78, 5) is 6.87. The van der Waals surface area contributed by atoms with Gasteiger partial charge in [0.2, 0.25) is 0 Å². The van der Waals surface area contributed by atoms with E-state index in [1.165, 1.54) is 12.1 Å². The molecule has 1 unspecified atom stereocenters. The molecule has 4 nitrogen and oxygen atoms in total. The minimum atomic E-state index is -0.317.